The van der Waals surface area contributed by atoms with Gasteiger partial charge in [-0.3, -0.25) is 4.79 Å². The molecule has 1 aliphatic heterocycles. The first-order valence-corrected chi connectivity index (χ1v) is 15.2. The summed E-state index contributed by atoms with van der Waals surface area (Å²) in [7, 11) is 0. The molecule has 0 radical (unpaired) electrons. The summed E-state index contributed by atoms with van der Waals surface area (Å²) in [5.41, 5.74) is 0. The van der Waals surface area contributed by atoms with Crippen molar-refractivity contribution in [3.63, 3.8) is 0 Å². The molecule has 1 saturated heterocycles. The molecule has 238 valence electrons. The molecule has 1 aliphatic rings. The van der Waals surface area contributed by atoms with E-state index in [1.165, 1.54) is 77.0 Å². The van der Waals surface area contributed by atoms with E-state index >= 15 is 0 Å². The normalized spacial score (nSPS) is 25.4. The lowest BCUT2D eigenvalue weighted by atomic mass is 9.99. The zero-order chi connectivity index (χ0) is 29.8. The van der Waals surface area contributed by atoms with Gasteiger partial charge in [0, 0.05) is 13.1 Å². The molecule has 40 heavy (non-hydrogen) atoms. The molecule has 1 heterocycles. The zero-order valence-electron chi connectivity index (χ0n) is 24.2. The van der Waals surface area contributed by atoms with Crippen molar-refractivity contribution in [2.24, 2.45) is 0 Å². The highest BCUT2D eigenvalue weighted by Gasteiger charge is 2.46. The Labute approximate surface area is 239 Å². The molecule has 3 unspecified atom stereocenters. The van der Waals surface area contributed by atoms with Gasteiger partial charge in [0.2, 0.25) is 0 Å². The number of rotatable bonds is 24. The van der Waals surface area contributed by atoms with Crippen molar-refractivity contribution >= 4 is 5.91 Å². The quantitative estimate of drug-likeness (QED) is 0.0551. The van der Waals surface area contributed by atoms with Crippen LogP contribution in [0.4, 0.5) is 0 Å². The number of aliphatic hydroxyl groups excluding tert-OH is 7. The Hall–Kier alpha value is -0.930. The van der Waals surface area contributed by atoms with E-state index < -0.39 is 61.7 Å². The van der Waals surface area contributed by atoms with Crippen molar-refractivity contribution in [1.82, 2.24) is 10.6 Å². The van der Waals surface area contributed by atoms with Crippen LogP contribution in [0.5, 0.6) is 0 Å². The van der Waals surface area contributed by atoms with Crippen molar-refractivity contribution in [2.75, 3.05) is 26.2 Å². The number of ether oxygens (including phenoxy) is 2. The van der Waals surface area contributed by atoms with Crippen molar-refractivity contribution < 1.29 is 50.0 Å². The van der Waals surface area contributed by atoms with Gasteiger partial charge in [-0.2, -0.15) is 0 Å². The summed E-state index contributed by atoms with van der Waals surface area (Å²) >= 11 is 0. The molecule has 1 fully saturated rings. The van der Waals surface area contributed by atoms with Crippen LogP contribution in [-0.4, -0.2) is 117 Å². The highest BCUT2D eigenvalue weighted by molar-refractivity contribution is 5.81. The van der Waals surface area contributed by atoms with Gasteiger partial charge in [-0.15, -0.1) is 0 Å². The summed E-state index contributed by atoms with van der Waals surface area (Å²) < 4.78 is 10.00. The van der Waals surface area contributed by atoms with E-state index in [0.29, 0.717) is 6.54 Å². The summed E-state index contributed by atoms with van der Waals surface area (Å²) in [6, 6.07) is 0. The Morgan fingerprint density at radius 2 is 1.27 bits per heavy atom. The van der Waals surface area contributed by atoms with Crippen molar-refractivity contribution in [3.8, 4) is 0 Å². The second-order valence-electron chi connectivity index (χ2n) is 10.8. The van der Waals surface area contributed by atoms with Gasteiger partial charge < -0.3 is 55.9 Å². The number of carbonyl (C=O) groups is 1. The fraction of sp³-hybridized carbons (Fsp3) is 0.964. The largest absolute Gasteiger partial charge is 0.394 e. The number of hydrogen-bond acceptors (Lipinski definition) is 11. The van der Waals surface area contributed by atoms with Gasteiger partial charge in [0.05, 0.1) is 6.61 Å². The lowest BCUT2D eigenvalue weighted by Crippen LogP contribution is -2.60. The number of hydrogen-bond donors (Lipinski definition) is 9. The van der Waals surface area contributed by atoms with Crippen LogP contribution in [0.1, 0.15) is 96.8 Å². The predicted molar refractivity (Wildman–Crippen MR) is 149 cm³/mol. The van der Waals surface area contributed by atoms with Gasteiger partial charge >= 0.3 is 0 Å². The topological polar surface area (TPSA) is 201 Å². The minimum atomic E-state index is -2.17. The molecular weight excluding hydrogens is 524 g/mol. The Morgan fingerprint density at radius 1 is 0.750 bits per heavy atom. The van der Waals surface area contributed by atoms with Crippen molar-refractivity contribution in [1.29, 1.82) is 0 Å². The fourth-order valence-electron chi connectivity index (χ4n) is 4.66. The van der Waals surface area contributed by atoms with Gasteiger partial charge in [-0.05, 0) is 13.0 Å². The van der Waals surface area contributed by atoms with Crippen molar-refractivity contribution in [3.05, 3.63) is 0 Å². The van der Waals surface area contributed by atoms with Gasteiger partial charge in [0.25, 0.3) is 5.91 Å². The van der Waals surface area contributed by atoms with Crippen LogP contribution >= 0.6 is 0 Å². The first kappa shape index (κ1) is 37.1. The minimum absolute atomic E-state index is 0.199. The highest BCUT2D eigenvalue weighted by atomic mass is 16.8. The fourth-order valence-corrected chi connectivity index (χ4v) is 4.66. The smallest absolute Gasteiger partial charge is 0.251 e. The van der Waals surface area contributed by atoms with Gasteiger partial charge in [-0.1, -0.05) is 90.4 Å². The van der Waals surface area contributed by atoms with Crippen molar-refractivity contribution in [2.45, 2.75) is 146 Å². The third-order valence-corrected chi connectivity index (χ3v) is 7.31. The van der Waals surface area contributed by atoms with Gasteiger partial charge in [0.1, 0.15) is 30.5 Å². The van der Waals surface area contributed by atoms with Crippen LogP contribution in [0.25, 0.3) is 0 Å². The van der Waals surface area contributed by atoms with Crippen LogP contribution in [0, 0.1) is 0 Å². The SMILES string of the molecule is CCCCCCCCCCCCCCCCNCCNC(=O)C(O)C(O)C(O)O[C@@H]1O[C@H](CO)[C@@H](O)[C@H](O)[C@H]1O. The molecule has 0 bridgehead atoms. The second kappa shape index (κ2) is 22.6. The molecule has 0 spiro atoms. The standard InChI is InChI=1S/C28H56N2O10/c1-2-3-4-5-6-7-8-9-10-11-12-13-14-15-16-29-17-18-30-26(37)23(34)24(35)27(38)40-28-25(36)22(33)21(32)20(19-31)39-28/h20-25,27-29,31-36,38H,2-19H2,1H3,(H,30,37)/t20-,21-,22+,23?,24?,25-,27?,28+/m1/s1. The minimum Gasteiger partial charge on any atom is -0.394 e. The van der Waals surface area contributed by atoms with Gasteiger partial charge in [-0.25, -0.2) is 0 Å². The van der Waals surface area contributed by atoms with E-state index in [4.69, 9.17) is 9.47 Å². The highest BCUT2D eigenvalue weighted by Crippen LogP contribution is 2.23. The summed E-state index contributed by atoms with van der Waals surface area (Å²) in [4.78, 5) is 12.1. The Morgan fingerprint density at radius 3 is 1.80 bits per heavy atom. The van der Waals surface area contributed by atoms with E-state index in [9.17, 15) is 40.5 Å². The molecular formula is C28H56N2O10. The lowest BCUT2D eigenvalue weighted by molar-refractivity contribution is -0.344. The predicted octanol–water partition coefficient (Wildman–Crippen LogP) is 0.0302. The molecule has 0 aliphatic carbocycles. The number of amides is 1. The molecule has 0 saturated carbocycles. The molecule has 1 rings (SSSR count). The average Bonchev–Trinajstić information content (AvgIpc) is 2.95. The van der Waals surface area contributed by atoms with Crippen LogP contribution in [0.3, 0.4) is 0 Å². The summed E-state index contributed by atoms with van der Waals surface area (Å²) in [6.07, 6.45) is 3.70. The molecule has 0 aromatic heterocycles. The summed E-state index contributed by atoms with van der Waals surface area (Å²) in [5.74, 6) is -0.928. The van der Waals surface area contributed by atoms with Crippen LogP contribution in [0.15, 0.2) is 0 Å². The third-order valence-electron chi connectivity index (χ3n) is 7.31. The van der Waals surface area contributed by atoms with E-state index in [1.807, 2.05) is 0 Å². The first-order chi connectivity index (χ1) is 19.2. The zero-order valence-corrected chi connectivity index (χ0v) is 24.2. The number of aliphatic hydroxyl groups is 7. The Bertz CT molecular complexity index is 630. The second-order valence-corrected chi connectivity index (χ2v) is 10.8. The maximum absolute atomic E-state index is 12.1. The molecule has 1 amide bonds. The molecule has 0 aromatic rings. The maximum atomic E-state index is 12.1. The number of carbonyl (C=O) groups excluding carboxylic acids is 1. The van der Waals surface area contributed by atoms with E-state index in [1.54, 1.807) is 0 Å². The van der Waals surface area contributed by atoms with E-state index in [2.05, 4.69) is 17.6 Å². The Balaban J connectivity index is 2.04. The monoisotopic (exact) mass is 580 g/mol. The maximum Gasteiger partial charge on any atom is 0.251 e. The van der Waals surface area contributed by atoms with E-state index in [0.717, 1.165) is 19.4 Å². The summed E-state index contributed by atoms with van der Waals surface area (Å²) in [6.45, 7) is 3.02. The van der Waals surface area contributed by atoms with Crippen LogP contribution in [0.2, 0.25) is 0 Å². The molecule has 12 heteroatoms. The van der Waals surface area contributed by atoms with Gasteiger partial charge in [0.15, 0.2) is 18.7 Å². The summed E-state index contributed by atoms with van der Waals surface area (Å²) in [5, 5.41) is 74.4. The van der Waals surface area contributed by atoms with Crippen LogP contribution in [-0.2, 0) is 14.3 Å². The molecule has 12 nitrogen and oxygen atoms in total. The molecule has 9 N–H and O–H groups in total. The van der Waals surface area contributed by atoms with E-state index in [-0.39, 0.29) is 6.54 Å². The lowest BCUT2D eigenvalue weighted by Gasteiger charge is -2.40. The number of unbranched alkanes of at least 4 members (excludes halogenated alkanes) is 13. The molecule has 0 aromatic carbocycles. The average molecular weight is 581 g/mol. The third kappa shape index (κ3) is 14.8. The van der Waals surface area contributed by atoms with Crippen LogP contribution < -0.4 is 10.6 Å². The number of nitrogens with one attached hydrogen (secondary N) is 2. The first-order valence-electron chi connectivity index (χ1n) is 15.2. The Kier molecular flexibility index (Phi) is 21.0. The molecule has 8 atom stereocenters.